The molecule has 1 atom stereocenters. The van der Waals surface area contributed by atoms with Crippen LogP contribution in [0.15, 0.2) is 11.6 Å². The van der Waals surface area contributed by atoms with Crippen molar-refractivity contribution in [2.45, 2.75) is 72.3 Å². The number of esters is 1. The number of carbonyl (C=O) groups excluding carboxylic acids is 1. The molecular weight excluding hydrogens is 212 g/mol. The van der Waals surface area contributed by atoms with E-state index in [2.05, 4.69) is 33.8 Å². The van der Waals surface area contributed by atoms with Gasteiger partial charge in [0.1, 0.15) is 5.60 Å². The Hall–Kier alpha value is -0.790. The lowest BCUT2D eigenvalue weighted by atomic mass is 9.69. The molecule has 0 aromatic carbocycles. The van der Waals surface area contributed by atoms with Crippen LogP contribution in [0.5, 0.6) is 0 Å². The van der Waals surface area contributed by atoms with E-state index in [-0.39, 0.29) is 17.0 Å². The van der Waals surface area contributed by atoms with E-state index in [1.807, 2.05) is 0 Å². The van der Waals surface area contributed by atoms with Crippen LogP contribution in [0.2, 0.25) is 0 Å². The lowest BCUT2D eigenvalue weighted by molar-refractivity contribution is -0.175. The Morgan fingerprint density at radius 1 is 1.47 bits per heavy atom. The van der Waals surface area contributed by atoms with Gasteiger partial charge in [-0.2, -0.15) is 0 Å². The van der Waals surface area contributed by atoms with E-state index in [1.54, 1.807) is 0 Å². The highest BCUT2D eigenvalue weighted by Gasteiger charge is 2.47. The van der Waals surface area contributed by atoms with Gasteiger partial charge in [-0.25, -0.2) is 0 Å². The summed E-state index contributed by atoms with van der Waals surface area (Å²) in [5, 5.41) is 0. The maximum Gasteiger partial charge on any atom is 0.303 e. The summed E-state index contributed by atoms with van der Waals surface area (Å²) in [5.74, 6) is -0.147. The van der Waals surface area contributed by atoms with Crippen LogP contribution in [-0.4, -0.2) is 11.6 Å². The molecule has 2 heteroatoms. The van der Waals surface area contributed by atoms with Gasteiger partial charge < -0.3 is 4.74 Å². The van der Waals surface area contributed by atoms with Gasteiger partial charge in [-0.05, 0) is 32.6 Å². The third-order valence-corrected chi connectivity index (χ3v) is 4.11. The number of hydrogen-bond acceptors (Lipinski definition) is 2. The van der Waals surface area contributed by atoms with E-state index in [1.165, 1.54) is 12.5 Å². The lowest BCUT2D eigenvalue weighted by Gasteiger charge is -2.45. The summed E-state index contributed by atoms with van der Waals surface area (Å²) in [5.41, 5.74) is 1.15. The standard InChI is InChI=1S/C15H26O2/c1-6-9-15(17-13(3)16)11-8-12(2)7-10-14(15,4)5/h7H,6,8-11H2,1-5H3. The first-order valence-corrected chi connectivity index (χ1v) is 6.68. The molecule has 0 amide bonds. The third kappa shape index (κ3) is 3.11. The van der Waals surface area contributed by atoms with E-state index in [0.29, 0.717) is 0 Å². The Morgan fingerprint density at radius 3 is 2.65 bits per heavy atom. The molecule has 0 N–H and O–H groups in total. The minimum Gasteiger partial charge on any atom is -0.459 e. The molecule has 0 saturated heterocycles. The van der Waals surface area contributed by atoms with Crippen LogP contribution in [0.3, 0.4) is 0 Å². The summed E-state index contributed by atoms with van der Waals surface area (Å²) in [4.78, 5) is 11.4. The molecule has 0 aromatic rings. The summed E-state index contributed by atoms with van der Waals surface area (Å²) < 4.78 is 5.79. The first-order chi connectivity index (χ1) is 7.83. The van der Waals surface area contributed by atoms with Crippen LogP contribution in [0, 0.1) is 5.41 Å². The van der Waals surface area contributed by atoms with Crippen molar-refractivity contribution < 1.29 is 9.53 Å². The van der Waals surface area contributed by atoms with Crippen molar-refractivity contribution in [2.24, 2.45) is 5.41 Å². The Labute approximate surface area is 105 Å². The quantitative estimate of drug-likeness (QED) is 0.543. The fourth-order valence-electron chi connectivity index (χ4n) is 2.84. The Kier molecular flexibility index (Phi) is 4.40. The molecule has 98 valence electrons. The maximum absolute atomic E-state index is 11.4. The van der Waals surface area contributed by atoms with Crippen molar-refractivity contribution in [1.82, 2.24) is 0 Å². The first-order valence-electron chi connectivity index (χ1n) is 6.68. The molecule has 0 spiro atoms. The normalized spacial score (nSPS) is 28.2. The van der Waals surface area contributed by atoms with E-state index < -0.39 is 0 Å². The van der Waals surface area contributed by atoms with Gasteiger partial charge in [-0.15, -0.1) is 0 Å². The molecule has 0 aliphatic heterocycles. The van der Waals surface area contributed by atoms with Crippen molar-refractivity contribution in [2.75, 3.05) is 0 Å². The zero-order chi connectivity index (χ0) is 13.1. The topological polar surface area (TPSA) is 26.3 Å². The molecule has 0 radical (unpaired) electrons. The van der Waals surface area contributed by atoms with Crippen molar-refractivity contribution in [3.05, 3.63) is 11.6 Å². The Morgan fingerprint density at radius 2 is 2.12 bits per heavy atom. The van der Waals surface area contributed by atoms with Crippen LogP contribution in [-0.2, 0) is 9.53 Å². The SMILES string of the molecule is CCCC1(OC(C)=O)CCC(C)=CCC1(C)C. The molecule has 0 saturated carbocycles. The number of ether oxygens (including phenoxy) is 1. The second-order valence-electron chi connectivity index (χ2n) is 5.98. The molecular formula is C15H26O2. The molecule has 0 heterocycles. The van der Waals surface area contributed by atoms with Crippen molar-refractivity contribution in [3.63, 3.8) is 0 Å². The Balaban J connectivity index is 3.04. The largest absolute Gasteiger partial charge is 0.459 e. The van der Waals surface area contributed by atoms with Gasteiger partial charge in [-0.3, -0.25) is 4.79 Å². The van der Waals surface area contributed by atoms with E-state index in [9.17, 15) is 4.79 Å². The van der Waals surface area contributed by atoms with Gasteiger partial charge in [0.2, 0.25) is 0 Å². The minimum atomic E-state index is -0.290. The predicted octanol–water partition coefficient (Wildman–Crippen LogP) is 4.24. The van der Waals surface area contributed by atoms with Gasteiger partial charge in [0, 0.05) is 12.3 Å². The molecule has 1 unspecified atom stereocenters. The van der Waals surface area contributed by atoms with Crippen molar-refractivity contribution in [3.8, 4) is 0 Å². The average Bonchev–Trinajstić information content (AvgIpc) is 2.30. The summed E-state index contributed by atoms with van der Waals surface area (Å²) in [7, 11) is 0. The second kappa shape index (κ2) is 5.24. The van der Waals surface area contributed by atoms with E-state index in [0.717, 1.165) is 32.1 Å². The summed E-state index contributed by atoms with van der Waals surface area (Å²) in [6.07, 6.45) is 7.30. The highest BCUT2D eigenvalue weighted by molar-refractivity contribution is 5.66. The number of rotatable bonds is 3. The van der Waals surface area contributed by atoms with Gasteiger partial charge in [-0.1, -0.05) is 38.8 Å². The molecule has 0 bridgehead atoms. The monoisotopic (exact) mass is 238 g/mol. The van der Waals surface area contributed by atoms with E-state index in [4.69, 9.17) is 4.74 Å². The lowest BCUT2D eigenvalue weighted by Crippen LogP contribution is -2.47. The molecule has 1 aliphatic rings. The maximum atomic E-state index is 11.4. The molecule has 1 rings (SSSR count). The fourth-order valence-corrected chi connectivity index (χ4v) is 2.84. The Bertz CT molecular complexity index is 315. The highest BCUT2D eigenvalue weighted by atomic mass is 16.6. The summed E-state index contributed by atoms with van der Waals surface area (Å²) >= 11 is 0. The molecule has 0 fully saturated rings. The van der Waals surface area contributed by atoms with Crippen LogP contribution in [0.1, 0.15) is 66.7 Å². The van der Waals surface area contributed by atoms with Crippen molar-refractivity contribution >= 4 is 5.97 Å². The van der Waals surface area contributed by atoms with Crippen molar-refractivity contribution in [1.29, 1.82) is 0 Å². The predicted molar refractivity (Wildman–Crippen MR) is 70.8 cm³/mol. The molecule has 2 nitrogen and oxygen atoms in total. The number of hydrogen-bond donors (Lipinski definition) is 0. The zero-order valence-corrected chi connectivity index (χ0v) is 11.9. The fraction of sp³-hybridized carbons (Fsp3) is 0.800. The van der Waals surface area contributed by atoms with Crippen LogP contribution >= 0.6 is 0 Å². The summed E-state index contributed by atoms with van der Waals surface area (Å²) in [6, 6.07) is 0. The average molecular weight is 238 g/mol. The second-order valence-corrected chi connectivity index (χ2v) is 5.98. The van der Waals surface area contributed by atoms with Gasteiger partial charge in [0.05, 0.1) is 0 Å². The first kappa shape index (κ1) is 14.3. The molecule has 17 heavy (non-hydrogen) atoms. The van der Waals surface area contributed by atoms with Crippen LogP contribution in [0.25, 0.3) is 0 Å². The van der Waals surface area contributed by atoms with Gasteiger partial charge in [0.15, 0.2) is 0 Å². The highest BCUT2D eigenvalue weighted by Crippen LogP contribution is 2.47. The summed E-state index contributed by atoms with van der Waals surface area (Å²) in [6.45, 7) is 10.3. The minimum absolute atomic E-state index is 0.0203. The zero-order valence-electron chi connectivity index (χ0n) is 11.9. The van der Waals surface area contributed by atoms with Gasteiger partial charge >= 0.3 is 5.97 Å². The van der Waals surface area contributed by atoms with Crippen LogP contribution in [0.4, 0.5) is 0 Å². The van der Waals surface area contributed by atoms with Gasteiger partial charge in [0.25, 0.3) is 0 Å². The van der Waals surface area contributed by atoms with E-state index >= 15 is 0 Å². The third-order valence-electron chi connectivity index (χ3n) is 4.11. The number of allylic oxidation sites excluding steroid dienone is 2. The molecule has 1 aliphatic carbocycles. The van der Waals surface area contributed by atoms with Crippen LogP contribution < -0.4 is 0 Å². The number of carbonyl (C=O) groups is 1. The smallest absolute Gasteiger partial charge is 0.303 e. The molecule has 0 aromatic heterocycles.